The lowest BCUT2D eigenvalue weighted by atomic mass is 10.1. The molecule has 1 saturated heterocycles. The third-order valence-corrected chi connectivity index (χ3v) is 5.37. The van der Waals surface area contributed by atoms with E-state index in [1.165, 1.54) is 11.8 Å². The van der Waals surface area contributed by atoms with Crippen molar-refractivity contribution in [3.63, 3.8) is 0 Å². The third kappa shape index (κ3) is 5.33. The SMILES string of the molecule is C#CCOc1cc(Br)c(/C=C2/SC(=NC(C)C)N(C(C)C)C2=O)cc1OCC. The molecular formula is C21H25BrN2O3S. The van der Waals surface area contributed by atoms with Crippen molar-refractivity contribution < 1.29 is 14.3 Å². The molecule has 1 aliphatic heterocycles. The van der Waals surface area contributed by atoms with Crippen molar-refractivity contribution in [2.24, 2.45) is 4.99 Å². The predicted molar refractivity (Wildman–Crippen MR) is 120 cm³/mol. The zero-order valence-electron chi connectivity index (χ0n) is 16.8. The average molecular weight is 465 g/mol. The Morgan fingerprint density at radius 3 is 2.54 bits per heavy atom. The number of carbonyl (C=O) groups is 1. The zero-order valence-corrected chi connectivity index (χ0v) is 19.2. The van der Waals surface area contributed by atoms with Gasteiger partial charge in [-0.1, -0.05) is 21.9 Å². The fourth-order valence-electron chi connectivity index (χ4n) is 2.56. The molecule has 0 atom stereocenters. The Balaban J connectivity index is 2.45. The van der Waals surface area contributed by atoms with Gasteiger partial charge in [0.2, 0.25) is 0 Å². The second kappa shape index (κ2) is 10.0. The van der Waals surface area contributed by atoms with Gasteiger partial charge in [-0.25, -0.2) is 0 Å². The van der Waals surface area contributed by atoms with E-state index in [0.29, 0.717) is 23.0 Å². The van der Waals surface area contributed by atoms with E-state index in [-0.39, 0.29) is 24.6 Å². The highest BCUT2D eigenvalue weighted by molar-refractivity contribution is 9.10. The molecule has 0 aliphatic carbocycles. The van der Waals surface area contributed by atoms with Crippen LogP contribution in [0.15, 0.2) is 26.5 Å². The van der Waals surface area contributed by atoms with E-state index in [9.17, 15) is 4.79 Å². The van der Waals surface area contributed by atoms with Crippen LogP contribution in [0.5, 0.6) is 11.5 Å². The molecule has 7 heteroatoms. The van der Waals surface area contributed by atoms with Crippen LogP contribution in [0.4, 0.5) is 0 Å². The minimum atomic E-state index is -0.0445. The first kappa shape index (κ1) is 22.4. The summed E-state index contributed by atoms with van der Waals surface area (Å²) in [5, 5.41) is 0.733. The van der Waals surface area contributed by atoms with Gasteiger partial charge in [-0.2, -0.15) is 0 Å². The Labute approximate surface area is 179 Å². The Bertz CT molecular complexity index is 841. The molecule has 1 heterocycles. The highest BCUT2D eigenvalue weighted by atomic mass is 79.9. The van der Waals surface area contributed by atoms with Gasteiger partial charge in [0.05, 0.1) is 11.5 Å². The lowest BCUT2D eigenvalue weighted by molar-refractivity contribution is -0.123. The van der Waals surface area contributed by atoms with E-state index < -0.39 is 0 Å². The zero-order chi connectivity index (χ0) is 20.8. The van der Waals surface area contributed by atoms with E-state index >= 15 is 0 Å². The normalized spacial score (nSPS) is 17.1. The second-order valence-electron chi connectivity index (χ2n) is 6.63. The summed E-state index contributed by atoms with van der Waals surface area (Å²) in [5.41, 5.74) is 0.821. The van der Waals surface area contributed by atoms with Crippen LogP contribution in [-0.4, -0.2) is 41.3 Å². The lowest BCUT2D eigenvalue weighted by Crippen LogP contribution is -2.35. The van der Waals surface area contributed by atoms with Crippen LogP contribution in [0.2, 0.25) is 0 Å². The van der Waals surface area contributed by atoms with E-state index in [1.807, 2.05) is 52.8 Å². The Morgan fingerprint density at radius 2 is 1.96 bits per heavy atom. The van der Waals surface area contributed by atoms with Crippen molar-refractivity contribution in [1.82, 2.24) is 4.90 Å². The second-order valence-corrected chi connectivity index (χ2v) is 8.49. The summed E-state index contributed by atoms with van der Waals surface area (Å²) < 4.78 is 12.0. The summed E-state index contributed by atoms with van der Waals surface area (Å²) >= 11 is 4.95. The number of thioether (sulfide) groups is 1. The maximum atomic E-state index is 12.9. The van der Waals surface area contributed by atoms with Gasteiger partial charge in [0.25, 0.3) is 5.91 Å². The molecule has 150 valence electrons. The van der Waals surface area contributed by atoms with Crippen LogP contribution in [0.1, 0.15) is 40.2 Å². The molecule has 0 aromatic heterocycles. The number of rotatable bonds is 7. The maximum Gasteiger partial charge on any atom is 0.266 e. The molecule has 5 nitrogen and oxygen atoms in total. The lowest BCUT2D eigenvalue weighted by Gasteiger charge is -2.20. The standard InChI is InChI=1S/C21H25BrN2O3S/c1-7-9-27-18-12-16(22)15(10-17(18)26-8-2)11-19-20(25)24(14(5)6)21(28-19)23-13(3)4/h1,10-14H,8-9H2,2-6H3/b19-11+,23-21?. The highest BCUT2D eigenvalue weighted by Crippen LogP contribution is 2.39. The molecule has 0 N–H and O–H groups in total. The molecule has 1 fully saturated rings. The largest absolute Gasteiger partial charge is 0.490 e. The van der Waals surface area contributed by atoms with Crippen molar-refractivity contribution in [2.75, 3.05) is 13.2 Å². The molecule has 0 radical (unpaired) electrons. The number of nitrogens with zero attached hydrogens (tertiary/aromatic N) is 2. The molecule has 0 spiro atoms. The van der Waals surface area contributed by atoms with Crippen molar-refractivity contribution in [2.45, 2.75) is 46.7 Å². The molecule has 0 bridgehead atoms. The van der Waals surface area contributed by atoms with E-state index in [1.54, 1.807) is 4.90 Å². The molecule has 1 aromatic rings. The molecule has 28 heavy (non-hydrogen) atoms. The monoisotopic (exact) mass is 464 g/mol. The average Bonchev–Trinajstić information content (AvgIpc) is 2.91. The number of aliphatic imine (C=N–C) groups is 1. The number of halogens is 1. The molecule has 2 rings (SSSR count). The number of amides is 1. The summed E-state index contributed by atoms with van der Waals surface area (Å²) in [5.74, 6) is 3.55. The van der Waals surface area contributed by atoms with Crippen LogP contribution in [0.25, 0.3) is 6.08 Å². The first-order valence-electron chi connectivity index (χ1n) is 9.11. The minimum Gasteiger partial charge on any atom is -0.490 e. The smallest absolute Gasteiger partial charge is 0.266 e. The van der Waals surface area contributed by atoms with Crippen molar-refractivity contribution in [3.05, 3.63) is 27.1 Å². The van der Waals surface area contributed by atoms with Crippen LogP contribution >= 0.6 is 27.7 Å². The van der Waals surface area contributed by atoms with Gasteiger partial charge in [-0.05, 0) is 70.2 Å². The first-order valence-corrected chi connectivity index (χ1v) is 10.7. The third-order valence-electron chi connectivity index (χ3n) is 3.68. The Morgan fingerprint density at radius 1 is 1.29 bits per heavy atom. The molecule has 1 aliphatic rings. The highest BCUT2D eigenvalue weighted by Gasteiger charge is 2.35. The summed E-state index contributed by atoms with van der Waals surface area (Å²) in [7, 11) is 0. The van der Waals surface area contributed by atoms with Gasteiger partial charge in [0.15, 0.2) is 16.7 Å². The number of hydrogen-bond acceptors (Lipinski definition) is 5. The molecular weight excluding hydrogens is 440 g/mol. The molecule has 0 unspecified atom stereocenters. The number of ether oxygens (including phenoxy) is 2. The molecule has 0 saturated carbocycles. The van der Waals surface area contributed by atoms with Gasteiger partial charge in [-0.3, -0.25) is 14.7 Å². The number of hydrogen-bond donors (Lipinski definition) is 0. The first-order chi connectivity index (χ1) is 13.3. The number of benzene rings is 1. The fraction of sp³-hybridized carbons (Fsp3) is 0.429. The number of amidine groups is 1. The van der Waals surface area contributed by atoms with Crippen molar-refractivity contribution >= 4 is 44.8 Å². The Kier molecular flexibility index (Phi) is 8.02. The Hall–Kier alpha value is -1.91. The maximum absolute atomic E-state index is 12.9. The molecule has 1 amide bonds. The summed E-state index contributed by atoms with van der Waals surface area (Å²) in [6.45, 7) is 10.5. The summed E-state index contributed by atoms with van der Waals surface area (Å²) in [6, 6.07) is 3.80. The molecule has 1 aromatic carbocycles. The van der Waals surface area contributed by atoms with Crippen LogP contribution in [0, 0.1) is 12.3 Å². The predicted octanol–water partition coefficient (Wildman–Crippen LogP) is 4.95. The summed E-state index contributed by atoms with van der Waals surface area (Å²) in [6.07, 6.45) is 7.13. The number of carbonyl (C=O) groups excluding carboxylic acids is 1. The summed E-state index contributed by atoms with van der Waals surface area (Å²) in [4.78, 5) is 19.9. The van der Waals surface area contributed by atoms with E-state index in [2.05, 4.69) is 26.8 Å². The van der Waals surface area contributed by atoms with Gasteiger partial charge in [0, 0.05) is 16.6 Å². The van der Waals surface area contributed by atoms with Gasteiger partial charge >= 0.3 is 0 Å². The quantitative estimate of drug-likeness (QED) is 0.423. The van der Waals surface area contributed by atoms with Gasteiger partial charge in [0.1, 0.15) is 6.61 Å². The van der Waals surface area contributed by atoms with Gasteiger partial charge < -0.3 is 9.47 Å². The van der Waals surface area contributed by atoms with E-state index in [4.69, 9.17) is 15.9 Å². The van der Waals surface area contributed by atoms with Gasteiger partial charge in [-0.15, -0.1) is 6.42 Å². The minimum absolute atomic E-state index is 0.0327. The van der Waals surface area contributed by atoms with E-state index in [0.717, 1.165) is 15.2 Å². The topological polar surface area (TPSA) is 51.1 Å². The van der Waals surface area contributed by atoms with Crippen LogP contribution in [0.3, 0.4) is 0 Å². The van der Waals surface area contributed by atoms with Crippen LogP contribution in [-0.2, 0) is 4.79 Å². The fourth-order valence-corrected chi connectivity index (χ4v) is 4.22. The number of terminal acetylenes is 1. The van der Waals surface area contributed by atoms with Crippen LogP contribution < -0.4 is 9.47 Å². The van der Waals surface area contributed by atoms with Crippen molar-refractivity contribution in [3.8, 4) is 23.8 Å². The van der Waals surface area contributed by atoms with Crippen molar-refractivity contribution in [1.29, 1.82) is 0 Å².